The minimum atomic E-state index is -0.172. The SMILES string of the molecule is Cc1ccc2oc(-c3noc([C@@H]4CC(=O)N(c5cccc(Cl)c5)C4)n3)c(C)c2c1. The van der Waals surface area contributed by atoms with Crippen LogP contribution in [0.3, 0.4) is 0 Å². The third-order valence-electron chi connectivity index (χ3n) is 5.33. The molecule has 0 N–H and O–H groups in total. The third-order valence-corrected chi connectivity index (χ3v) is 5.57. The number of aromatic nitrogens is 2. The Morgan fingerprint density at radius 1 is 1.17 bits per heavy atom. The molecule has 146 valence electrons. The Hall–Kier alpha value is -3.12. The molecule has 1 fully saturated rings. The Kier molecular flexibility index (Phi) is 4.17. The standard InChI is InChI=1S/C22H18ClN3O3/c1-12-6-7-18-17(8-12)13(2)20(28-18)21-24-22(29-25-21)14-9-19(27)26(11-14)16-5-3-4-15(23)10-16/h3-8,10,14H,9,11H2,1-2H3/t14-/m1/s1. The fourth-order valence-electron chi connectivity index (χ4n) is 3.81. The summed E-state index contributed by atoms with van der Waals surface area (Å²) in [6.07, 6.45) is 0.312. The molecule has 3 heterocycles. The first-order valence-corrected chi connectivity index (χ1v) is 9.77. The monoisotopic (exact) mass is 407 g/mol. The van der Waals surface area contributed by atoms with Gasteiger partial charge in [-0.3, -0.25) is 4.79 Å². The van der Waals surface area contributed by atoms with Gasteiger partial charge in [0.1, 0.15) is 5.58 Å². The van der Waals surface area contributed by atoms with Crippen molar-refractivity contribution in [2.45, 2.75) is 26.2 Å². The highest BCUT2D eigenvalue weighted by atomic mass is 35.5. The van der Waals surface area contributed by atoms with Gasteiger partial charge in [0.2, 0.25) is 17.6 Å². The lowest BCUT2D eigenvalue weighted by atomic mass is 10.1. The number of anilines is 1. The second-order valence-electron chi connectivity index (χ2n) is 7.40. The molecule has 6 nitrogen and oxygen atoms in total. The van der Waals surface area contributed by atoms with Gasteiger partial charge in [-0.05, 0) is 44.2 Å². The second kappa shape index (κ2) is 6.74. The van der Waals surface area contributed by atoms with E-state index in [4.69, 9.17) is 20.5 Å². The summed E-state index contributed by atoms with van der Waals surface area (Å²) in [5, 5.41) is 5.74. The van der Waals surface area contributed by atoms with Gasteiger partial charge in [0.05, 0.1) is 5.92 Å². The predicted octanol–water partition coefficient (Wildman–Crippen LogP) is 5.27. The predicted molar refractivity (Wildman–Crippen MR) is 110 cm³/mol. The molecule has 1 atom stereocenters. The highest BCUT2D eigenvalue weighted by Gasteiger charge is 2.35. The van der Waals surface area contributed by atoms with E-state index >= 15 is 0 Å². The lowest BCUT2D eigenvalue weighted by Gasteiger charge is -2.16. The Morgan fingerprint density at radius 3 is 2.86 bits per heavy atom. The molecule has 4 aromatic rings. The van der Waals surface area contributed by atoms with Crippen molar-refractivity contribution in [2.24, 2.45) is 0 Å². The maximum atomic E-state index is 12.5. The van der Waals surface area contributed by atoms with Crippen LogP contribution in [0.25, 0.3) is 22.6 Å². The van der Waals surface area contributed by atoms with E-state index in [1.165, 1.54) is 0 Å². The summed E-state index contributed by atoms with van der Waals surface area (Å²) in [6, 6.07) is 13.3. The Bertz CT molecular complexity index is 1240. The minimum absolute atomic E-state index is 0.00686. The number of aryl methyl sites for hydroxylation is 2. The van der Waals surface area contributed by atoms with Crippen LogP contribution in [-0.4, -0.2) is 22.6 Å². The zero-order chi connectivity index (χ0) is 20.1. The first-order chi connectivity index (χ1) is 14.0. The molecular formula is C22H18ClN3O3. The average molecular weight is 408 g/mol. The number of nitrogens with zero attached hydrogens (tertiary/aromatic N) is 3. The molecule has 0 aliphatic carbocycles. The summed E-state index contributed by atoms with van der Waals surface area (Å²) in [5.41, 5.74) is 3.69. The van der Waals surface area contributed by atoms with Crippen molar-refractivity contribution in [1.82, 2.24) is 10.1 Å². The molecule has 0 spiro atoms. The van der Waals surface area contributed by atoms with Gasteiger partial charge in [0.15, 0.2) is 5.76 Å². The first kappa shape index (κ1) is 17.9. The summed E-state index contributed by atoms with van der Waals surface area (Å²) in [5.74, 6) is 1.27. The molecule has 5 rings (SSSR count). The van der Waals surface area contributed by atoms with Crippen LogP contribution >= 0.6 is 11.6 Å². The van der Waals surface area contributed by atoms with Crippen molar-refractivity contribution >= 4 is 34.2 Å². The van der Waals surface area contributed by atoms with Gasteiger partial charge < -0.3 is 13.8 Å². The maximum absolute atomic E-state index is 12.5. The normalized spacial score (nSPS) is 16.9. The molecule has 0 unspecified atom stereocenters. The van der Waals surface area contributed by atoms with Crippen LogP contribution in [0.1, 0.15) is 29.4 Å². The zero-order valence-corrected chi connectivity index (χ0v) is 16.7. The number of carbonyl (C=O) groups is 1. The average Bonchev–Trinajstić information content (AvgIpc) is 3.40. The van der Waals surface area contributed by atoms with E-state index in [1.807, 2.05) is 38.1 Å². The van der Waals surface area contributed by atoms with E-state index in [0.29, 0.717) is 35.5 Å². The fraction of sp³-hybridized carbons (Fsp3) is 0.227. The van der Waals surface area contributed by atoms with Gasteiger partial charge in [-0.15, -0.1) is 0 Å². The number of carbonyl (C=O) groups excluding carboxylic acids is 1. The zero-order valence-electron chi connectivity index (χ0n) is 16.0. The van der Waals surface area contributed by atoms with Gasteiger partial charge in [0.25, 0.3) is 0 Å². The van der Waals surface area contributed by atoms with Crippen LogP contribution < -0.4 is 4.90 Å². The third kappa shape index (κ3) is 3.09. The lowest BCUT2D eigenvalue weighted by Crippen LogP contribution is -2.24. The second-order valence-corrected chi connectivity index (χ2v) is 7.83. The molecule has 29 heavy (non-hydrogen) atoms. The molecule has 1 saturated heterocycles. The van der Waals surface area contributed by atoms with E-state index in [9.17, 15) is 4.79 Å². The number of halogens is 1. The quantitative estimate of drug-likeness (QED) is 0.462. The molecule has 1 amide bonds. The molecule has 0 radical (unpaired) electrons. The number of benzene rings is 2. The molecule has 2 aromatic carbocycles. The van der Waals surface area contributed by atoms with Crippen LogP contribution in [0.15, 0.2) is 51.4 Å². The first-order valence-electron chi connectivity index (χ1n) is 9.39. The molecule has 7 heteroatoms. The number of fused-ring (bicyclic) bond motifs is 1. The van der Waals surface area contributed by atoms with E-state index in [1.54, 1.807) is 17.0 Å². The van der Waals surface area contributed by atoms with Gasteiger partial charge in [-0.2, -0.15) is 4.98 Å². The highest BCUT2D eigenvalue weighted by molar-refractivity contribution is 6.30. The van der Waals surface area contributed by atoms with Gasteiger partial charge >= 0.3 is 0 Å². The van der Waals surface area contributed by atoms with E-state index < -0.39 is 0 Å². The fourth-order valence-corrected chi connectivity index (χ4v) is 3.99. The van der Waals surface area contributed by atoms with Crippen LogP contribution in [0.5, 0.6) is 0 Å². The largest absolute Gasteiger partial charge is 0.452 e. The van der Waals surface area contributed by atoms with Crippen molar-refractivity contribution in [3.8, 4) is 11.6 Å². The van der Waals surface area contributed by atoms with Crippen LogP contribution in [-0.2, 0) is 4.79 Å². The van der Waals surface area contributed by atoms with Crippen LogP contribution in [0.4, 0.5) is 5.69 Å². The van der Waals surface area contributed by atoms with E-state index in [2.05, 4.69) is 16.2 Å². The molecule has 0 bridgehead atoms. The number of hydrogen-bond donors (Lipinski definition) is 0. The summed E-state index contributed by atoms with van der Waals surface area (Å²) >= 11 is 6.06. The number of furan rings is 1. The van der Waals surface area contributed by atoms with Gasteiger partial charge in [-0.1, -0.05) is 34.5 Å². The Morgan fingerprint density at radius 2 is 2.03 bits per heavy atom. The topological polar surface area (TPSA) is 72.4 Å². The maximum Gasteiger partial charge on any atom is 0.238 e. The van der Waals surface area contributed by atoms with Crippen molar-refractivity contribution < 1.29 is 13.7 Å². The summed E-state index contributed by atoms with van der Waals surface area (Å²) in [4.78, 5) is 18.8. The van der Waals surface area contributed by atoms with Crippen molar-refractivity contribution in [3.05, 3.63) is 64.5 Å². The molecular weight excluding hydrogens is 390 g/mol. The summed E-state index contributed by atoms with van der Waals surface area (Å²) < 4.78 is 11.5. The summed E-state index contributed by atoms with van der Waals surface area (Å²) in [7, 11) is 0. The van der Waals surface area contributed by atoms with E-state index in [-0.39, 0.29) is 11.8 Å². The molecule has 1 aliphatic heterocycles. The van der Waals surface area contributed by atoms with Crippen LogP contribution in [0, 0.1) is 13.8 Å². The molecule has 1 aliphatic rings. The van der Waals surface area contributed by atoms with Gasteiger partial charge in [-0.25, -0.2) is 0 Å². The van der Waals surface area contributed by atoms with Gasteiger partial charge in [0, 0.05) is 34.6 Å². The highest BCUT2D eigenvalue weighted by Crippen LogP contribution is 2.35. The Balaban J connectivity index is 1.44. The number of hydrogen-bond acceptors (Lipinski definition) is 5. The number of rotatable bonds is 3. The van der Waals surface area contributed by atoms with Crippen molar-refractivity contribution in [3.63, 3.8) is 0 Å². The van der Waals surface area contributed by atoms with Crippen molar-refractivity contribution in [1.29, 1.82) is 0 Å². The Labute approximate surface area is 172 Å². The lowest BCUT2D eigenvalue weighted by molar-refractivity contribution is -0.117. The van der Waals surface area contributed by atoms with E-state index in [0.717, 1.165) is 27.8 Å². The molecule has 0 saturated carbocycles. The smallest absolute Gasteiger partial charge is 0.238 e. The molecule has 2 aromatic heterocycles. The van der Waals surface area contributed by atoms with Crippen molar-refractivity contribution in [2.75, 3.05) is 11.4 Å². The minimum Gasteiger partial charge on any atom is -0.452 e. The summed E-state index contributed by atoms with van der Waals surface area (Å²) in [6.45, 7) is 4.50. The number of amides is 1. The van der Waals surface area contributed by atoms with Crippen LogP contribution in [0.2, 0.25) is 5.02 Å².